The maximum absolute atomic E-state index is 16.0. The Bertz CT molecular complexity index is 1790. The lowest BCUT2D eigenvalue weighted by molar-refractivity contribution is -0.117. The number of hydrogen-bond donors (Lipinski definition) is 1. The van der Waals surface area contributed by atoms with Crippen molar-refractivity contribution in [1.82, 2.24) is 0 Å². The lowest BCUT2D eigenvalue weighted by atomic mass is 10.0. The number of alkyl halides is 2. The molecule has 1 N–H and O–H groups in total. The molecule has 3 aromatic carbocycles. The van der Waals surface area contributed by atoms with Crippen LogP contribution in [-0.4, -0.2) is 39.4 Å². The zero-order chi connectivity index (χ0) is 36.8. The van der Waals surface area contributed by atoms with Gasteiger partial charge in [-0.25, -0.2) is 18.4 Å². The molecule has 262 valence electrons. The molecule has 0 saturated heterocycles. The maximum atomic E-state index is 16.0. The lowest BCUT2D eigenvalue weighted by Crippen LogP contribution is -2.44. The first kappa shape index (κ1) is 38.6. The number of hydrogen-bond acceptors (Lipinski definition) is 6. The third-order valence-corrected chi connectivity index (χ3v) is 8.69. The van der Waals surface area contributed by atoms with Gasteiger partial charge in [-0.05, 0) is 95.1 Å². The number of rotatable bonds is 7. The van der Waals surface area contributed by atoms with Crippen molar-refractivity contribution in [3.63, 3.8) is 0 Å². The molecule has 1 aliphatic carbocycles. The van der Waals surface area contributed by atoms with Crippen LogP contribution in [0.25, 0.3) is 0 Å². The minimum Gasteiger partial charge on any atom is -0.443 e. The van der Waals surface area contributed by atoms with Gasteiger partial charge in [-0.3, -0.25) is 9.59 Å². The largest absolute Gasteiger partial charge is 0.443 e. The zero-order valence-corrected chi connectivity index (χ0v) is 30.8. The van der Waals surface area contributed by atoms with Crippen LogP contribution >= 0.6 is 58.0 Å². The SMILES string of the molecule is CC(C)(C)OC(=O)N(C(=O)OC(C)(C)C)c1c(F)ccc(CC(=O)c2cc(NC(=O)C3C(c4cc(Cl)cc(Cl)c4)C3(Cl)Cl)ccc2Cl)c1F. The number of anilines is 2. The normalized spacial score (nSPS) is 16.8. The summed E-state index contributed by atoms with van der Waals surface area (Å²) < 4.78 is 40.2. The minimum absolute atomic E-state index is 0.0308. The van der Waals surface area contributed by atoms with E-state index in [0.717, 1.165) is 12.1 Å². The predicted molar refractivity (Wildman–Crippen MR) is 187 cm³/mol. The van der Waals surface area contributed by atoms with Crippen molar-refractivity contribution in [2.24, 2.45) is 5.92 Å². The molecule has 1 saturated carbocycles. The highest BCUT2D eigenvalue weighted by molar-refractivity contribution is 6.53. The molecule has 2 unspecified atom stereocenters. The van der Waals surface area contributed by atoms with E-state index in [9.17, 15) is 19.2 Å². The van der Waals surface area contributed by atoms with Crippen LogP contribution in [0, 0.1) is 17.6 Å². The highest BCUT2D eigenvalue weighted by atomic mass is 35.5. The Labute approximate surface area is 306 Å². The van der Waals surface area contributed by atoms with Crippen molar-refractivity contribution < 1.29 is 37.4 Å². The number of nitrogens with one attached hydrogen (secondary N) is 1. The van der Waals surface area contributed by atoms with Gasteiger partial charge in [-0.1, -0.05) is 40.9 Å². The molecule has 0 bridgehead atoms. The van der Waals surface area contributed by atoms with Gasteiger partial charge in [0.15, 0.2) is 17.4 Å². The monoisotopic (exact) mass is 776 g/mol. The fourth-order valence-electron chi connectivity index (χ4n) is 4.92. The summed E-state index contributed by atoms with van der Waals surface area (Å²) in [5, 5.41) is 3.31. The van der Waals surface area contributed by atoms with Gasteiger partial charge in [0.2, 0.25) is 5.91 Å². The zero-order valence-electron chi connectivity index (χ0n) is 27.0. The Balaban J connectivity index is 1.60. The molecule has 15 heteroatoms. The van der Waals surface area contributed by atoms with Gasteiger partial charge < -0.3 is 14.8 Å². The molecule has 0 aromatic heterocycles. The number of ketones is 1. The van der Waals surface area contributed by atoms with Crippen molar-refractivity contribution in [2.75, 3.05) is 10.2 Å². The number of imide groups is 1. The third kappa shape index (κ3) is 9.15. The first-order valence-corrected chi connectivity index (χ1v) is 16.6. The van der Waals surface area contributed by atoms with Gasteiger partial charge in [0.1, 0.15) is 21.2 Å². The van der Waals surface area contributed by atoms with Crippen LogP contribution in [-0.2, 0) is 20.7 Å². The first-order chi connectivity index (χ1) is 22.5. The Morgan fingerprint density at radius 2 is 1.39 bits per heavy atom. The summed E-state index contributed by atoms with van der Waals surface area (Å²) in [7, 11) is 0. The van der Waals surface area contributed by atoms with E-state index in [0.29, 0.717) is 15.6 Å². The molecular formula is C34H31Cl5F2N2O6. The molecule has 8 nitrogen and oxygen atoms in total. The van der Waals surface area contributed by atoms with E-state index >= 15 is 8.78 Å². The van der Waals surface area contributed by atoms with E-state index in [4.69, 9.17) is 67.5 Å². The van der Waals surface area contributed by atoms with Crippen molar-refractivity contribution in [1.29, 1.82) is 0 Å². The van der Waals surface area contributed by atoms with E-state index in [1.165, 1.54) is 65.8 Å². The lowest BCUT2D eigenvalue weighted by Gasteiger charge is -2.29. The van der Waals surface area contributed by atoms with Gasteiger partial charge in [0, 0.05) is 33.6 Å². The van der Waals surface area contributed by atoms with Gasteiger partial charge in [0.05, 0.1) is 10.9 Å². The fourth-order valence-corrected chi connectivity index (χ4v) is 6.52. The Morgan fingerprint density at radius 3 is 1.92 bits per heavy atom. The van der Waals surface area contributed by atoms with Crippen LogP contribution in [0.5, 0.6) is 0 Å². The molecule has 49 heavy (non-hydrogen) atoms. The molecule has 4 rings (SSSR count). The highest BCUT2D eigenvalue weighted by Gasteiger charge is 2.67. The number of benzene rings is 3. The number of amides is 3. The molecule has 0 heterocycles. The Morgan fingerprint density at radius 1 is 0.837 bits per heavy atom. The van der Waals surface area contributed by atoms with Crippen molar-refractivity contribution >= 4 is 93.3 Å². The number of carbonyl (C=O) groups excluding carboxylic acids is 4. The molecule has 0 radical (unpaired) electrons. The summed E-state index contributed by atoms with van der Waals surface area (Å²) >= 11 is 31.4. The average Bonchev–Trinajstić information content (AvgIpc) is 3.52. The van der Waals surface area contributed by atoms with Crippen molar-refractivity contribution in [2.45, 2.75) is 69.4 Å². The summed E-state index contributed by atoms with van der Waals surface area (Å²) in [6.45, 7) is 9.00. The Hall–Kier alpha value is -3.15. The van der Waals surface area contributed by atoms with Crippen LogP contribution in [0.4, 0.5) is 29.7 Å². The van der Waals surface area contributed by atoms with E-state index in [2.05, 4.69) is 5.32 Å². The number of Topliss-reactive ketones (excluding diaryl/α,β-unsaturated/α-hetero) is 1. The third-order valence-electron chi connectivity index (χ3n) is 6.99. The number of ether oxygens (including phenoxy) is 2. The van der Waals surface area contributed by atoms with E-state index in [1.807, 2.05) is 0 Å². The summed E-state index contributed by atoms with van der Waals surface area (Å²) in [4.78, 5) is 52.9. The second kappa shape index (κ2) is 14.2. The quantitative estimate of drug-likeness (QED) is 0.189. The van der Waals surface area contributed by atoms with Gasteiger partial charge in [-0.15, -0.1) is 23.2 Å². The Kier molecular flexibility index (Phi) is 11.2. The number of nitrogens with zero attached hydrogens (tertiary/aromatic N) is 1. The van der Waals surface area contributed by atoms with Crippen LogP contribution < -0.4 is 10.2 Å². The molecule has 3 amide bonds. The number of carbonyl (C=O) groups is 4. The van der Waals surface area contributed by atoms with Crippen LogP contribution in [0.15, 0.2) is 48.5 Å². The molecule has 3 aromatic rings. The molecule has 2 atom stereocenters. The second-order valence-corrected chi connectivity index (χ2v) is 16.0. The standard InChI is InChI=1S/C34H31Cl5F2N2O6/c1-32(2,3)48-30(46)43(31(47)49-33(4,5)6)28-23(40)10-7-16(27(28)41)13-24(44)21-15-20(8-9-22(21)37)42-29(45)26-25(34(26,38)39)17-11-18(35)14-19(36)12-17/h7-12,14-15,25-26H,13H2,1-6H3,(H,42,45). The van der Waals surface area contributed by atoms with E-state index in [1.54, 1.807) is 12.1 Å². The topological polar surface area (TPSA) is 102 Å². The van der Waals surface area contributed by atoms with Crippen LogP contribution in [0.1, 0.15) is 68.9 Å². The van der Waals surface area contributed by atoms with Gasteiger partial charge in [-0.2, -0.15) is 4.90 Å². The van der Waals surface area contributed by atoms with E-state index < -0.39 is 75.0 Å². The first-order valence-electron chi connectivity index (χ1n) is 14.7. The summed E-state index contributed by atoms with van der Waals surface area (Å²) in [5.41, 5.74) is -3.16. The predicted octanol–water partition coefficient (Wildman–Crippen LogP) is 10.6. The average molecular weight is 779 g/mol. The molecule has 0 aliphatic heterocycles. The van der Waals surface area contributed by atoms with Crippen molar-refractivity contribution in [3.8, 4) is 0 Å². The maximum Gasteiger partial charge on any atom is 0.424 e. The molecule has 1 fully saturated rings. The molecular weight excluding hydrogens is 748 g/mol. The van der Waals surface area contributed by atoms with Gasteiger partial charge >= 0.3 is 12.2 Å². The smallest absolute Gasteiger partial charge is 0.424 e. The van der Waals surface area contributed by atoms with Crippen molar-refractivity contribution in [3.05, 3.63) is 91.9 Å². The number of halogens is 7. The fraction of sp³-hybridized carbons (Fsp3) is 0.353. The van der Waals surface area contributed by atoms with Crippen LogP contribution in [0.2, 0.25) is 15.1 Å². The molecule has 0 spiro atoms. The highest BCUT2D eigenvalue weighted by Crippen LogP contribution is 2.65. The minimum atomic E-state index is -1.46. The second-order valence-electron chi connectivity index (χ2n) is 13.3. The van der Waals surface area contributed by atoms with Crippen LogP contribution in [0.3, 0.4) is 0 Å². The van der Waals surface area contributed by atoms with E-state index in [-0.39, 0.29) is 26.7 Å². The summed E-state index contributed by atoms with van der Waals surface area (Å²) in [5.74, 6) is -5.50. The molecule has 1 aliphatic rings. The summed E-state index contributed by atoms with van der Waals surface area (Å²) in [6.07, 6.45) is -3.48. The summed E-state index contributed by atoms with van der Waals surface area (Å²) in [6, 6.07) is 10.6. The van der Waals surface area contributed by atoms with Gasteiger partial charge in [0.25, 0.3) is 0 Å².